The van der Waals surface area contributed by atoms with Crippen molar-refractivity contribution in [2.75, 3.05) is 11.6 Å². The van der Waals surface area contributed by atoms with Gasteiger partial charge in [0.05, 0.1) is 0 Å². The third-order valence-corrected chi connectivity index (χ3v) is 2.96. The first kappa shape index (κ1) is 13.8. The van der Waals surface area contributed by atoms with Gasteiger partial charge in [-0.2, -0.15) is 0 Å². The van der Waals surface area contributed by atoms with E-state index in [2.05, 4.69) is 15.3 Å². The van der Waals surface area contributed by atoms with Gasteiger partial charge < -0.3 is 10.4 Å². The summed E-state index contributed by atoms with van der Waals surface area (Å²) in [7, 11) is 0. The quantitative estimate of drug-likeness (QED) is 0.575. The molecule has 0 aliphatic heterocycles. The number of unbranched alkanes of at least 4 members (excludes halogenated alkanes) is 1. The Morgan fingerprint density at radius 1 is 1.59 bits per heavy atom. The highest BCUT2D eigenvalue weighted by Crippen LogP contribution is 2.15. The van der Waals surface area contributed by atoms with Crippen molar-refractivity contribution >= 4 is 23.5 Å². The van der Waals surface area contributed by atoms with Crippen LogP contribution in [-0.4, -0.2) is 33.3 Å². The van der Waals surface area contributed by atoms with Crippen molar-refractivity contribution in [1.82, 2.24) is 9.97 Å². The minimum Gasteiger partial charge on any atom is -0.480 e. The van der Waals surface area contributed by atoms with Gasteiger partial charge in [0, 0.05) is 6.07 Å². The van der Waals surface area contributed by atoms with E-state index in [0.717, 1.165) is 17.9 Å². The predicted octanol–water partition coefficient (Wildman–Crippen LogP) is 2.25. The molecule has 1 atom stereocenters. The minimum absolute atomic E-state index is 0.563. The van der Waals surface area contributed by atoms with Crippen molar-refractivity contribution < 1.29 is 9.90 Å². The summed E-state index contributed by atoms with van der Waals surface area (Å²) in [5, 5.41) is 12.8. The van der Waals surface area contributed by atoms with Gasteiger partial charge in [0.25, 0.3) is 0 Å². The average molecular weight is 255 g/mol. The largest absolute Gasteiger partial charge is 0.480 e. The number of thioether (sulfide) groups is 1. The molecule has 6 heteroatoms. The number of hydrogen-bond donors (Lipinski definition) is 2. The number of aliphatic carboxylic acids is 1. The molecular formula is C11H17N3O2S. The van der Waals surface area contributed by atoms with Gasteiger partial charge in [-0.15, -0.1) is 11.8 Å². The molecule has 1 rings (SSSR count). The number of carbonyl (C=O) groups is 1. The average Bonchev–Trinajstić information content (AvgIpc) is 2.34. The Labute approximate surface area is 105 Å². The summed E-state index contributed by atoms with van der Waals surface area (Å²) in [6.07, 6.45) is 5.81. The van der Waals surface area contributed by atoms with Gasteiger partial charge in [0.1, 0.15) is 23.2 Å². The first-order valence-corrected chi connectivity index (χ1v) is 6.75. The molecule has 0 fully saturated rings. The number of aromatic nitrogens is 2. The SMILES string of the molecule is CCCCC(Nc1cc(SC)ncn1)C(=O)O. The molecule has 1 aromatic heterocycles. The standard InChI is InChI=1S/C11H17N3O2S/c1-3-4-5-8(11(15)16)14-9-6-10(17-2)13-7-12-9/h6-8H,3-5H2,1-2H3,(H,15,16)(H,12,13,14). The van der Waals surface area contributed by atoms with Gasteiger partial charge in [-0.1, -0.05) is 19.8 Å². The lowest BCUT2D eigenvalue weighted by Crippen LogP contribution is -2.29. The van der Waals surface area contributed by atoms with E-state index in [1.54, 1.807) is 6.07 Å². The van der Waals surface area contributed by atoms with Crippen LogP contribution in [0.15, 0.2) is 17.4 Å². The predicted molar refractivity (Wildman–Crippen MR) is 68.4 cm³/mol. The monoisotopic (exact) mass is 255 g/mol. The van der Waals surface area contributed by atoms with Gasteiger partial charge in [0.15, 0.2) is 0 Å². The number of nitrogens with one attached hydrogen (secondary N) is 1. The summed E-state index contributed by atoms with van der Waals surface area (Å²) in [4.78, 5) is 19.1. The van der Waals surface area contributed by atoms with Gasteiger partial charge >= 0.3 is 5.97 Å². The molecule has 0 saturated heterocycles. The van der Waals surface area contributed by atoms with Crippen molar-refractivity contribution in [3.63, 3.8) is 0 Å². The normalized spacial score (nSPS) is 12.1. The molecule has 0 amide bonds. The minimum atomic E-state index is -0.845. The van der Waals surface area contributed by atoms with E-state index in [-0.39, 0.29) is 0 Å². The molecule has 0 aliphatic rings. The lowest BCUT2D eigenvalue weighted by molar-refractivity contribution is -0.138. The molecule has 0 saturated carbocycles. The fourth-order valence-corrected chi connectivity index (χ4v) is 1.76. The van der Waals surface area contributed by atoms with Crippen molar-refractivity contribution in [3.8, 4) is 0 Å². The molecule has 94 valence electrons. The van der Waals surface area contributed by atoms with E-state index >= 15 is 0 Å². The molecular weight excluding hydrogens is 238 g/mol. The molecule has 1 unspecified atom stereocenters. The van der Waals surface area contributed by atoms with E-state index in [1.165, 1.54) is 18.1 Å². The molecule has 0 spiro atoms. The van der Waals surface area contributed by atoms with Crippen LogP contribution in [0.4, 0.5) is 5.82 Å². The van der Waals surface area contributed by atoms with E-state index in [9.17, 15) is 4.79 Å². The number of carboxylic acids is 1. The summed E-state index contributed by atoms with van der Waals surface area (Å²) in [6.45, 7) is 2.04. The van der Waals surface area contributed by atoms with Gasteiger partial charge in [-0.3, -0.25) is 0 Å². The highest BCUT2D eigenvalue weighted by molar-refractivity contribution is 7.98. The highest BCUT2D eigenvalue weighted by Gasteiger charge is 2.16. The fraction of sp³-hybridized carbons (Fsp3) is 0.545. The van der Waals surface area contributed by atoms with Crippen LogP contribution in [0, 0.1) is 0 Å². The molecule has 0 radical (unpaired) electrons. The Morgan fingerprint density at radius 3 is 2.94 bits per heavy atom. The summed E-state index contributed by atoms with van der Waals surface area (Å²) in [6, 6.07) is 1.17. The Kier molecular flexibility index (Phi) is 5.76. The molecule has 17 heavy (non-hydrogen) atoms. The van der Waals surface area contributed by atoms with Crippen LogP contribution >= 0.6 is 11.8 Å². The zero-order valence-electron chi connectivity index (χ0n) is 10.0. The molecule has 5 nitrogen and oxygen atoms in total. The lowest BCUT2D eigenvalue weighted by atomic mass is 10.1. The number of hydrogen-bond acceptors (Lipinski definition) is 5. The Bertz CT molecular complexity index is 373. The topological polar surface area (TPSA) is 75.1 Å². The molecule has 2 N–H and O–H groups in total. The van der Waals surface area contributed by atoms with E-state index in [4.69, 9.17) is 5.11 Å². The Hall–Kier alpha value is -1.30. The van der Waals surface area contributed by atoms with Crippen LogP contribution in [0.25, 0.3) is 0 Å². The molecule has 0 aromatic carbocycles. The van der Waals surface area contributed by atoms with E-state index in [1.807, 2.05) is 13.2 Å². The number of anilines is 1. The van der Waals surface area contributed by atoms with Crippen LogP contribution in [-0.2, 0) is 4.79 Å². The zero-order chi connectivity index (χ0) is 12.7. The second kappa shape index (κ2) is 7.11. The van der Waals surface area contributed by atoms with Gasteiger partial charge in [0.2, 0.25) is 0 Å². The van der Waals surface area contributed by atoms with Crippen LogP contribution < -0.4 is 5.32 Å². The summed E-state index contributed by atoms with van der Waals surface area (Å²) in [5.74, 6) is -0.282. The maximum absolute atomic E-state index is 11.1. The second-order valence-corrected chi connectivity index (χ2v) is 4.45. The fourth-order valence-electron chi connectivity index (χ4n) is 1.37. The van der Waals surface area contributed by atoms with Crippen LogP contribution in [0.3, 0.4) is 0 Å². The number of rotatable bonds is 7. The lowest BCUT2D eigenvalue weighted by Gasteiger charge is -2.14. The number of carboxylic acid groups (broad SMARTS) is 1. The summed E-state index contributed by atoms with van der Waals surface area (Å²) >= 11 is 1.50. The second-order valence-electron chi connectivity index (χ2n) is 3.62. The summed E-state index contributed by atoms with van der Waals surface area (Å²) < 4.78 is 0. The van der Waals surface area contributed by atoms with Crippen molar-refractivity contribution in [2.24, 2.45) is 0 Å². The van der Waals surface area contributed by atoms with E-state index in [0.29, 0.717) is 12.2 Å². The first-order valence-electron chi connectivity index (χ1n) is 5.52. The Balaban J connectivity index is 2.67. The summed E-state index contributed by atoms with van der Waals surface area (Å²) in [5.41, 5.74) is 0. The smallest absolute Gasteiger partial charge is 0.326 e. The molecule has 0 aliphatic carbocycles. The van der Waals surface area contributed by atoms with Crippen LogP contribution in [0.1, 0.15) is 26.2 Å². The zero-order valence-corrected chi connectivity index (χ0v) is 10.8. The first-order chi connectivity index (χ1) is 8.17. The Morgan fingerprint density at radius 2 is 2.35 bits per heavy atom. The van der Waals surface area contributed by atoms with Crippen molar-refractivity contribution in [3.05, 3.63) is 12.4 Å². The molecule has 1 heterocycles. The third kappa shape index (κ3) is 4.60. The van der Waals surface area contributed by atoms with Crippen molar-refractivity contribution in [1.29, 1.82) is 0 Å². The van der Waals surface area contributed by atoms with Crippen molar-refractivity contribution in [2.45, 2.75) is 37.3 Å². The van der Waals surface area contributed by atoms with E-state index < -0.39 is 12.0 Å². The maximum atomic E-state index is 11.1. The van der Waals surface area contributed by atoms with Crippen LogP contribution in [0.5, 0.6) is 0 Å². The number of nitrogens with zero attached hydrogens (tertiary/aromatic N) is 2. The van der Waals surface area contributed by atoms with Gasteiger partial charge in [-0.25, -0.2) is 14.8 Å². The highest BCUT2D eigenvalue weighted by atomic mass is 32.2. The molecule has 0 bridgehead atoms. The molecule has 1 aromatic rings. The van der Waals surface area contributed by atoms with Crippen LogP contribution in [0.2, 0.25) is 0 Å². The van der Waals surface area contributed by atoms with Gasteiger partial charge in [-0.05, 0) is 12.7 Å². The maximum Gasteiger partial charge on any atom is 0.326 e. The third-order valence-electron chi connectivity index (χ3n) is 2.32.